The van der Waals surface area contributed by atoms with E-state index in [1.807, 2.05) is 32.0 Å². The average molecular weight is 317 g/mol. The first-order valence-corrected chi connectivity index (χ1v) is 7.18. The summed E-state index contributed by atoms with van der Waals surface area (Å²) in [6.07, 6.45) is 1.57. The van der Waals surface area contributed by atoms with Crippen molar-refractivity contribution in [2.24, 2.45) is 0 Å². The van der Waals surface area contributed by atoms with Gasteiger partial charge in [0, 0.05) is 25.0 Å². The highest BCUT2D eigenvalue weighted by Crippen LogP contribution is 2.10. The Morgan fingerprint density at radius 1 is 1.26 bits per heavy atom. The topological polar surface area (TPSA) is 109 Å². The van der Waals surface area contributed by atoms with Crippen LogP contribution in [0.25, 0.3) is 5.82 Å². The minimum absolute atomic E-state index is 0.0935. The van der Waals surface area contributed by atoms with Gasteiger partial charge in [0.1, 0.15) is 0 Å². The van der Waals surface area contributed by atoms with Gasteiger partial charge in [0.2, 0.25) is 0 Å². The molecule has 2 aromatic rings. The van der Waals surface area contributed by atoms with Gasteiger partial charge in [-0.2, -0.15) is 5.10 Å². The Hall–Kier alpha value is -2.90. The van der Waals surface area contributed by atoms with E-state index in [4.69, 9.17) is 5.11 Å². The predicted octanol–water partition coefficient (Wildman–Crippen LogP) is 1.16. The Kier molecular flexibility index (Phi) is 5.29. The van der Waals surface area contributed by atoms with Gasteiger partial charge in [-0.15, -0.1) is 0 Å². The lowest BCUT2D eigenvalue weighted by Gasteiger charge is -2.08. The second-order valence-electron chi connectivity index (χ2n) is 5.12. The molecule has 2 amide bonds. The molecule has 8 heteroatoms. The Labute approximate surface area is 133 Å². The molecule has 2 aromatic heterocycles. The molecule has 2 heterocycles. The number of urea groups is 1. The molecule has 0 spiro atoms. The Morgan fingerprint density at radius 3 is 2.61 bits per heavy atom. The summed E-state index contributed by atoms with van der Waals surface area (Å²) in [5.74, 6) is -0.237. The number of hydrogen-bond donors (Lipinski definition) is 3. The highest BCUT2D eigenvalue weighted by Gasteiger charge is 2.06. The predicted molar refractivity (Wildman–Crippen MR) is 83.3 cm³/mol. The number of carbonyl (C=O) groups excluding carboxylic acids is 1. The number of nitrogens with zero attached hydrogens (tertiary/aromatic N) is 3. The summed E-state index contributed by atoms with van der Waals surface area (Å²) in [4.78, 5) is 26.2. The van der Waals surface area contributed by atoms with E-state index in [1.54, 1.807) is 10.9 Å². The molecule has 122 valence electrons. The number of nitrogens with one attached hydrogen (secondary N) is 2. The highest BCUT2D eigenvalue weighted by atomic mass is 16.4. The summed E-state index contributed by atoms with van der Waals surface area (Å²) in [7, 11) is 0. The van der Waals surface area contributed by atoms with Crippen LogP contribution in [0.2, 0.25) is 0 Å². The standard InChI is InChI=1S/C15H19N5O3/c1-10-7-11(2)20(19-10)13-4-3-12(8-17-13)9-18-15(23)16-6-5-14(21)22/h3-4,7-8H,5-6,9H2,1-2H3,(H,21,22)(H2,16,18,23). The molecule has 0 saturated heterocycles. The third-order valence-corrected chi connectivity index (χ3v) is 3.11. The molecule has 0 radical (unpaired) electrons. The van der Waals surface area contributed by atoms with Crippen molar-refractivity contribution in [3.8, 4) is 5.82 Å². The van der Waals surface area contributed by atoms with Gasteiger partial charge in [-0.3, -0.25) is 4.79 Å². The second-order valence-corrected chi connectivity index (χ2v) is 5.12. The van der Waals surface area contributed by atoms with Crippen molar-refractivity contribution >= 4 is 12.0 Å². The lowest BCUT2D eigenvalue weighted by atomic mass is 10.3. The van der Waals surface area contributed by atoms with Crippen LogP contribution in [0.15, 0.2) is 24.4 Å². The number of carboxylic acids is 1. The molecule has 23 heavy (non-hydrogen) atoms. The van der Waals surface area contributed by atoms with Crippen LogP contribution in [0, 0.1) is 13.8 Å². The summed E-state index contributed by atoms with van der Waals surface area (Å²) in [5, 5.41) is 18.0. The van der Waals surface area contributed by atoms with Crippen molar-refractivity contribution in [3.63, 3.8) is 0 Å². The molecule has 0 fully saturated rings. The fraction of sp³-hybridized carbons (Fsp3) is 0.333. The van der Waals surface area contributed by atoms with Crippen molar-refractivity contribution in [1.82, 2.24) is 25.4 Å². The van der Waals surface area contributed by atoms with Gasteiger partial charge in [0.15, 0.2) is 5.82 Å². The summed E-state index contributed by atoms with van der Waals surface area (Å²) in [6.45, 7) is 4.28. The molecule has 0 bridgehead atoms. The van der Waals surface area contributed by atoms with E-state index >= 15 is 0 Å². The molecule has 0 aliphatic carbocycles. The zero-order chi connectivity index (χ0) is 16.8. The van der Waals surface area contributed by atoms with Crippen molar-refractivity contribution in [3.05, 3.63) is 41.3 Å². The molecule has 0 unspecified atom stereocenters. The molecular weight excluding hydrogens is 298 g/mol. The Morgan fingerprint density at radius 2 is 2.04 bits per heavy atom. The highest BCUT2D eigenvalue weighted by molar-refractivity contribution is 5.74. The fourth-order valence-corrected chi connectivity index (χ4v) is 2.04. The van der Waals surface area contributed by atoms with E-state index in [0.29, 0.717) is 12.4 Å². The second kappa shape index (κ2) is 7.39. The molecule has 0 saturated carbocycles. The van der Waals surface area contributed by atoms with Crippen LogP contribution in [-0.4, -0.2) is 38.4 Å². The van der Waals surface area contributed by atoms with Crippen LogP contribution in [0.1, 0.15) is 23.4 Å². The maximum Gasteiger partial charge on any atom is 0.315 e. The molecule has 8 nitrogen and oxygen atoms in total. The number of amides is 2. The summed E-state index contributed by atoms with van der Waals surface area (Å²) >= 11 is 0. The third-order valence-electron chi connectivity index (χ3n) is 3.11. The Bertz CT molecular complexity index is 694. The van der Waals surface area contributed by atoms with E-state index in [2.05, 4.69) is 20.7 Å². The first-order valence-electron chi connectivity index (χ1n) is 7.18. The largest absolute Gasteiger partial charge is 0.481 e. The third kappa shape index (κ3) is 4.80. The van der Waals surface area contributed by atoms with Crippen LogP contribution >= 0.6 is 0 Å². The molecule has 0 atom stereocenters. The average Bonchev–Trinajstić information content (AvgIpc) is 2.84. The van der Waals surface area contributed by atoms with Crippen LogP contribution in [0.3, 0.4) is 0 Å². The lowest BCUT2D eigenvalue weighted by molar-refractivity contribution is -0.136. The number of hydrogen-bond acceptors (Lipinski definition) is 4. The monoisotopic (exact) mass is 317 g/mol. The van der Waals surface area contributed by atoms with E-state index in [0.717, 1.165) is 17.0 Å². The van der Waals surface area contributed by atoms with Crippen molar-refractivity contribution in [2.75, 3.05) is 6.54 Å². The molecule has 3 N–H and O–H groups in total. The van der Waals surface area contributed by atoms with Crippen molar-refractivity contribution in [2.45, 2.75) is 26.8 Å². The van der Waals surface area contributed by atoms with Gasteiger partial charge in [-0.1, -0.05) is 6.07 Å². The number of carbonyl (C=O) groups is 2. The minimum Gasteiger partial charge on any atom is -0.481 e. The summed E-state index contributed by atoms with van der Waals surface area (Å²) < 4.78 is 1.76. The van der Waals surface area contributed by atoms with Crippen LogP contribution in [0.5, 0.6) is 0 Å². The fourth-order valence-electron chi connectivity index (χ4n) is 2.04. The van der Waals surface area contributed by atoms with Crippen molar-refractivity contribution < 1.29 is 14.7 Å². The summed E-state index contributed by atoms with van der Waals surface area (Å²) in [5.41, 5.74) is 2.76. The van der Waals surface area contributed by atoms with Crippen LogP contribution < -0.4 is 10.6 Å². The maximum atomic E-state index is 11.5. The maximum absolute atomic E-state index is 11.5. The number of aromatic nitrogens is 3. The number of aryl methyl sites for hydroxylation is 2. The number of aliphatic carboxylic acids is 1. The normalized spacial score (nSPS) is 10.3. The smallest absolute Gasteiger partial charge is 0.315 e. The quantitative estimate of drug-likeness (QED) is 0.740. The number of rotatable bonds is 6. The SMILES string of the molecule is Cc1cc(C)n(-c2ccc(CNC(=O)NCCC(=O)O)cn2)n1. The zero-order valence-electron chi connectivity index (χ0n) is 13.0. The van der Waals surface area contributed by atoms with Crippen LogP contribution in [-0.2, 0) is 11.3 Å². The molecular formula is C15H19N5O3. The molecule has 2 rings (SSSR count). The minimum atomic E-state index is -0.950. The van der Waals surface area contributed by atoms with Gasteiger partial charge in [0.05, 0.1) is 12.1 Å². The first kappa shape index (κ1) is 16.5. The van der Waals surface area contributed by atoms with Crippen LogP contribution in [0.4, 0.5) is 4.79 Å². The van der Waals surface area contributed by atoms with Gasteiger partial charge < -0.3 is 15.7 Å². The van der Waals surface area contributed by atoms with E-state index in [-0.39, 0.29) is 13.0 Å². The molecule has 0 aliphatic heterocycles. The van der Waals surface area contributed by atoms with Gasteiger partial charge in [-0.05, 0) is 31.5 Å². The summed E-state index contributed by atoms with van der Waals surface area (Å²) in [6, 6.07) is 5.25. The van der Waals surface area contributed by atoms with E-state index in [1.165, 1.54) is 0 Å². The van der Waals surface area contributed by atoms with E-state index in [9.17, 15) is 9.59 Å². The molecule has 0 aliphatic rings. The number of pyridine rings is 1. The molecule has 0 aromatic carbocycles. The zero-order valence-corrected chi connectivity index (χ0v) is 13.0. The number of carboxylic acid groups (broad SMARTS) is 1. The lowest BCUT2D eigenvalue weighted by Crippen LogP contribution is -2.36. The Balaban J connectivity index is 1.87. The first-order chi connectivity index (χ1) is 11.0. The van der Waals surface area contributed by atoms with Gasteiger partial charge in [0.25, 0.3) is 0 Å². The van der Waals surface area contributed by atoms with Crippen molar-refractivity contribution in [1.29, 1.82) is 0 Å². The van der Waals surface area contributed by atoms with Gasteiger partial charge >= 0.3 is 12.0 Å². The van der Waals surface area contributed by atoms with E-state index < -0.39 is 12.0 Å². The van der Waals surface area contributed by atoms with Gasteiger partial charge in [-0.25, -0.2) is 14.5 Å².